The minimum absolute atomic E-state index is 0.0410. The Kier molecular flexibility index (Phi) is 5.16. The lowest BCUT2D eigenvalue weighted by atomic mass is 10.0. The molecule has 5 heteroatoms. The van der Waals surface area contributed by atoms with Crippen molar-refractivity contribution < 1.29 is 4.79 Å². The van der Waals surface area contributed by atoms with Crippen LogP contribution in [0, 0.1) is 0 Å². The molecule has 1 aliphatic heterocycles. The highest BCUT2D eigenvalue weighted by Gasteiger charge is 2.41. The topological polar surface area (TPSA) is 23.6 Å². The summed E-state index contributed by atoms with van der Waals surface area (Å²) in [6.07, 6.45) is 0.872. The van der Waals surface area contributed by atoms with Crippen molar-refractivity contribution in [2.24, 2.45) is 0 Å². The second-order valence-electron chi connectivity index (χ2n) is 6.81. The first-order chi connectivity index (χ1) is 13.5. The highest BCUT2D eigenvalue weighted by atomic mass is 35.5. The summed E-state index contributed by atoms with van der Waals surface area (Å²) in [4.78, 5) is 16.3. The molecule has 0 radical (unpaired) electrons. The molecule has 3 aromatic rings. The lowest BCUT2D eigenvalue weighted by molar-refractivity contribution is -0.117. The predicted molar refractivity (Wildman–Crippen MR) is 119 cm³/mol. The highest BCUT2D eigenvalue weighted by Crippen LogP contribution is 2.31. The molecule has 1 atom stereocenters. The van der Waals surface area contributed by atoms with Gasteiger partial charge in [0.15, 0.2) is 5.11 Å². The summed E-state index contributed by atoms with van der Waals surface area (Å²) < 4.78 is 0. The lowest BCUT2D eigenvalue weighted by Gasteiger charge is -2.22. The average Bonchev–Trinajstić information content (AvgIpc) is 2.93. The fourth-order valence-electron chi connectivity index (χ4n) is 3.43. The summed E-state index contributed by atoms with van der Waals surface area (Å²) in [6.45, 7) is 1.88. The molecule has 1 fully saturated rings. The van der Waals surface area contributed by atoms with Crippen molar-refractivity contribution >= 4 is 46.2 Å². The van der Waals surface area contributed by atoms with Crippen molar-refractivity contribution in [3.05, 3.63) is 95.0 Å². The Morgan fingerprint density at radius 3 is 2.07 bits per heavy atom. The predicted octanol–water partition coefficient (Wildman–Crippen LogP) is 5.46. The van der Waals surface area contributed by atoms with Gasteiger partial charge in [0.2, 0.25) is 0 Å². The van der Waals surface area contributed by atoms with Gasteiger partial charge < -0.3 is 4.90 Å². The van der Waals surface area contributed by atoms with E-state index < -0.39 is 0 Å². The molecule has 4 rings (SSSR count). The van der Waals surface area contributed by atoms with Crippen LogP contribution in [0.25, 0.3) is 0 Å². The molecule has 0 aromatic heterocycles. The van der Waals surface area contributed by atoms with E-state index in [1.807, 2.05) is 54.3 Å². The summed E-state index contributed by atoms with van der Waals surface area (Å²) in [7, 11) is 0. The third-order valence-electron chi connectivity index (χ3n) is 4.91. The van der Waals surface area contributed by atoms with Gasteiger partial charge in [-0.25, -0.2) is 0 Å². The van der Waals surface area contributed by atoms with Gasteiger partial charge in [0.1, 0.15) is 6.04 Å². The number of nitrogens with zero attached hydrogens (tertiary/aromatic N) is 2. The fourth-order valence-corrected chi connectivity index (χ4v) is 4.02. The smallest absolute Gasteiger partial charge is 0.256 e. The molecule has 1 heterocycles. The molecule has 0 spiro atoms. The van der Waals surface area contributed by atoms with Crippen molar-refractivity contribution in [3.63, 3.8) is 0 Å². The number of thiocarbonyl (C=S) groups is 1. The molecule has 3 aromatic carbocycles. The van der Waals surface area contributed by atoms with E-state index in [1.54, 1.807) is 17.0 Å². The van der Waals surface area contributed by atoms with Gasteiger partial charge in [-0.2, -0.15) is 0 Å². The minimum Gasteiger partial charge on any atom is -0.306 e. The van der Waals surface area contributed by atoms with Gasteiger partial charge >= 0.3 is 0 Å². The Morgan fingerprint density at radius 1 is 0.857 bits per heavy atom. The summed E-state index contributed by atoms with van der Waals surface area (Å²) in [6, 6.07) is 25.4. The SMILES string of the molecule is CC1C(=O)N(c2ccc(Cl)cc2)C(=S)N1c1ccc(Cc2ccccc2)cc1. The number of carbonyl (C=O) groups excluding carboxylic acids is 1. The normalized spacial score (nSPS) is 16.7. The van der Waals surface area contributed by atoms with E-state index in [9.17, 15) is 4.79 Å². The molecular weight excluding hydrogens is 388 g/mol. The number of benzene rings is 3. The maximum Gasteiger partial charge on any atom is 0.256 e. The number of hydrogen-bond acceptors (Lipinski definition) is 2. The first kappa shape index (κ1) is 18.7. The van der Waals surface area contributed by atoms with Gasteiger partial charge in [0.05, 0.1) is 5.69 Å². The van der Waals surface area contributed by atoms with E-state index in [1.165, 1.54) is 11.1 Å². The number of anilines is 2. The van der Waals surface area contributed by atoms with Crippen molar-refractivity contribution in [2.75, 3.05) is 9.80 Å². The molecule has 1 aliphatic rings. The highest BCUT2D eigenvalue weighted by molar-refractivity contribution is 7.81. The number of halogens is 1. The van der Waals surface area contributed by atoms with Crippen LogP contribution in [0.15, 0.2) is 78.9 Å². The van der Waals surface area contributed by atoms with Gasteiger partial charge in [-0.15, -0.1) is 0 Å². The molecule has 140 valence electrons. The third kappa shape index (κ3) is 3.53. The van der Waals surface area contributed by atoms with Crippen LogP contribution < -0.4 is 9.80 Å². The zero-order valence-corrected chi connectivity index (χ0v) is 17.0. The van der Waals surface area contributed by atoms with Crippen LogP contribution in [0.3, 0.4) is 0 Å². The Balaban J connectivity index is 1.57. The first-order valence-corrected chi connectivity index (χ1v) is 9.89. The van der Waals surface area contributed by atoms with Gasteiger partial charge in [-0.1, -0.05) is 54.1 Å². The first-order valence-electron chi connectivity index (χ1n) is 9.10. The maximum absolute atomic E-state index is 12.9. The summed E-state index contributed by atoms with van der Waals surface area (Å²) in [5.41, 5.74) is 4.13. The number of carbonyl (C=O) groups is 1. The average molecular weight is 407 g/mol. The van der Waals surface area contributed by atoms with Crippen LogP contribution in [-0.4, -0.2) is 17.1 Å². The third-order valence-corrected chi connectivity index (χ3v) is 5.54. The van der Waals surface area contributed by atoms with E-state index in [0.29, 0.717) is 10.1 Å². The van der Waals surface area contributed by atoms with Gasteiger partial charge in [0, 0.05) is 10.7 Å². The second-order valence-corrected chi connectivity index (χ2v) is 7.61. The molecule has 1 amide bonds. The largest absolute Gasteiger partial charge is 0.306 e. The van der Waals surface area contributed by atoms with E-state index in [2.05, 4.69) is 24.3 Å². The summed E-state index contributed by atoms with van der Waals surface area (Å²) in [5.74, 6) is -0.0410. The molecule has 0 aliphatic carbocycles. The number of hydrogen-bond donors (Lipinski definition) is 0. The van der Waals surface area contributed by atoms with Crippen LogP contribution >= 0.6 is 23.8 Å². The molecular formula is C23H19ClN2OS. The summed E-state index contributed by atoms with van der Waals surface area (Å²) >= 11 is 11.6. The van der Waals surface area contributed by atoms with E-state index in [0.717, 1.165) is 17.8 Å². The number of rotatable bonds is 4. The molecule has 28 heavy (non-hydrogen) atoms. The van der Waals surface area contributed by atoms with Crippen molar-refractivity contribution in [1.82, 2.24) is 0 Å². The van der Waals surface area contributed by atoms with Crippen LogP contribution in [0.5, 0.6) is 0 Å². The molecule has 3 nitrogen and oxygen atoms in total. The Hall–Kier alpha value is -2.69. The van der Waals surface area contributed by atoms with Crippen molar-refractivity contribution in [2.45, 2.75) is 19.4 Å². The quantitative estimate of drug-likeness (QED) is 0.537. The maximum atomic E-state index is 12.9. The van der Waals surface area contributed by atoms with Gasteiger partial charge in [0.25, 0.3) is 5.91 Å². The molecule has 0 bridgehead atoms. The van der Waals surface area contributed by atoms with Crippen LogP contribution in [0.2, 0.25) is 5.02 Å². The Morgan fingerprint density at radius 2 is 1.43 bits per heavy atom. The van der Waals surface area contributed by atoms with Crippen LogP contribution in [-0.2, 0) is 11.2 Å². The zero-order chi connectivity index (χ0) is 19.7. The monoisotopic (exact) mass is 406 g/mol. The molecule has 1 unspecified atom stereocenters. The fraction of sp³-hybridized carbons (Fsp3) is 0.130. The molecule has 1 saturated heterocycles. The van der Waals surface area contributed by atoms with Gasteiger partial charge in [-0.05, 0) is 73.1 Å². The summed E-state index contributed by atoms with van der Waals surface area (Å²) in [5, 5.41) is 1.11. The van der Waals surface area contributed by atoms with Crippen LogP contribution in [0.1, 0.15) is 18.1 Å². The van der Waals surface area contributed by atoms with E-state index in [-0.39, 0.29) is 11.9 Å². The Labute approximate surface area is 175 Å². The van der Waals surface area contributed by atoms with Gasteiger partial charge in [-0.3, -0.25) is 9.69 Å². The molecule has 0 saturated carbocycles. The van der Waals surface area contributed by atoms with E-state index in [4.69, 9.17) is 23.8 Å². The number of amides is 1. The minimum atomic E-state index is -0.358. The zero-order valence-electron chi connectivity index (χ0n) is 15.4. The lowest BCUT2D eigenvalue weighted by Crippen LogP contribution is -2.33. The molecule has 0 N–H and O–H groups in total. The van der Waals surface area contributed by atoms with E-state index >= 15 is 0 Å². The van der Waals surface area contributed by atoms with Crippen molar-refractivity contribution in [1.29, 1.82) is 0 Å². The standard InChI is InChI=1S/C23H19ClN2OS/c1-16-22(27)26(21-13-9-19(24)10-14-21)23(28)25(16)20-11-7-18(8-12-20)15-17-5-3-2-4-6-17/h2-14,16H,15H2,1H3. The van der Waals surface area contributed by atoms with Crippen LogP contribution in [0.4, 0.5) is 11.4 Å². The second kappa shape index (κ2) is 7.74. The van der Waals surface area contributed by atoms with Crippen molar-refractivity contribution in [3.8, 4) is 0 Å². The Bertz CT molecular complexity index is 1000.